The van der Waals surface area contributed by atoms with E-state index >= 15 is 0 Å². The molecule has 0 aliphatic heterocycles. The van der Waals surface area contributed by atoms with Crippen LogP contribution in [0.5, 0.6) is 5.88 Å². The molecule has 0 fully saturated rings. The van der Waals surface area contributed by atoms with Crippen LogP contribution in [-0.2, 0) is 6.61 Å². The molecule has 0 aliphatic carbocycles. The molecule has 0 amide bonds. The molecule has 142 valence electrons. The molecule has 2 heterocycles. The van der Waals surface area contributed by atoms with Gasteiger partial charge in [0.2, 0.25) is 5.88 Å². The first kappa shape index (κ1) is 18.2. The Morgan fingerprint density at radius 3 is 2.57 bits per heavy atom. The molecular weight excluding hydrogens is 353 g/mol. The van der Waals surface area contributed by atoms with Crippen LogP contribution in [0.3, 0.4) is 0 Å². The monoisotopic (exact) mass is 375 g/mol. The van der Waals surface area contributed by atoms with Gasteiger partial charge in [-0.2, -0.15) is 10.1 Å². The number of rotatable bonds is 4. The highest BCUT2D eigenvalue weighted by molar-refractivity contribution is 5.83. The number of nitrogens with zero attached hydrogens (tertiary/aromatic N) is 3. The van der Waals surface area contributed by atoms with Crippen molar-refractivity contribution in [1.82, 2.24) is 14.8 Å². The second-order valence-electron chi connectivity index (χ2n) is 7.17. The first-order valence-corrected chi connectivity index (χ1v) is 9.24. The highest BCUT2D eigenvalue weighted by Gasteiger charge is 2.15. The second-order valence-corrected chi connectivity index (χ2v) is 7.17. The van der Waals surface area contributed by atoms with Crippen LogP contribution in [0.1, 0.15) is 27.9 Å². The van der Waals surface area contributed by atoms with Crippen molar-refractivity contribution in [2.24, 2.45) is 0 Å². The molecule has 0 bridgehead atoms. The van der Waals surface area contributed by atoms with E-state index in [0.717, 1.165) is 22.2 Å². The van der Waals surface area contributed by atoms with Gasteiger partial charge in [0, 0.05) is 11.5 Å². The molecule has 2 aromatic carbocycles. The van der Waals surface area contributed by atoms with Crippen LogP contribution in [0.15, 0.2) is 48.5 Å². The fourth-order valence-electron chi connectivity index (χ4n) is 3.44. The van der Waals surface area contributed by atoms with Gasteiger partial charge >= 0.3 is 0 Å². The zero-order chi connectivity index (χ0) is 19.8. The Bertz CT molecular complexity index is 1180. The van der Waals surface area contributed by atoms with Crippen LogP contribution < -0.4 is 4.74 Å². The molecule has 4 nitrogen and oxygen atoms in total. The Morgan fingerprint density at radius 2 is 1.79 bits per heavy atom. The van der Waals surface area contributed by atoms with E-state index in [2.05, 4.69) is 42.1 Å². The van der Waals surface area contributed by atoms with Crippen LogP contribution >= 0.6 is 0 Å². The molecule has 4 aromatic rings. The van der Waals surface area contributed by atoms with Crippen molar-refractivity contribution in [3.05, 3.63) is 82.3 Å². The van der Waals surface area contributed by atoms with Crippen LogP contribution in [0.2, 0.25) is 0 Å². The van der Waals surface area contributed by atoms with Crippen molar-refractivity contribution in [1.29, 1.82) is 0 Å². The van der Waals surface area contributed by atoms with E-state index in [4.69, 9.17) is 4.74 Å². The lowest BCUT2D eigenvalue weighted by atomic mass is 10.1. The summed E-state index contributed by atoms with van der Waals surface area (Å²) in [5.41, 5.74) is 6.70. The Labute approximate surface area is 163 Å². The van der Waals surface area contributed by atoms with Crippen molar-refractivity contribution >= 4 is 11.0 Å². The number of fused-ring (bicyclic) bond motifs is 1. The summed E-state index contributed by atoms with van der Waals surface area (Å²) in [5.74, 6) is 0.223. The molecule has 4 rings (SSSR count). The van der Waals surface area contributed by atoms with Crippen LogP contribution in [0.4, 0.5) is 4.39 Å². The van der Waals surface area contributed by atoms with Crippen molar-refractivity contribution in [3.8, 4) is 11.6 Å². The highest BCUT2D eigenvalue weighted by Crippen LogP contribution is 2.27. The second kappa shape index (κ2) is 7.08. The van der Waals surface area contributed by atoms with E-state index in [1.165, 1.54) is 23.3 Å². The van der Waals surface area contributed by atoms with Gasteiger partial charge in [-0.05, 0) is 62.6 Å². The smallest absolute Gasteiger partial charge is 0.215 e. The van der Waals surface area contributed by atoms with Gasteiger partial charge in [-0.3, -0.25) is 0 Å². The maximum atomic E-state index is 13.7. The van der Waals surface area contributed by atoms with Crippen molar-refractivity contribution < 1.29 is 9.13 Å². The molecule has 0 radical (unpaired) electrons. The summed E-state index contributed by atoms with van der Waals surface area (Å²) in [6, 6.07) is 14.6. The van der Waals surface area contributed by atoms with Gasteiger partial charge in [-0.1, -0.05) is 29.8 Å². The van der Waals surface area contributed by atoms with Crippen LogP contribution in [-0.4, -0.2) is 14.8 Å². The van der Waals surface area contributed by atoms with E-state index in [0.29, 0.717) is 23.8 Å². The summed E-state index contributed by atoms with van der Waals surface area (Å²) in [6.45, 7) is 8.53. The highest BCUT2D eigenvalue weighted by atomic mass is 19.1. The van der Waals surface area contributed by atoms with Crippen molar-refractivity contribution in [3.63, 3.8) is 0 Å². The molecule has 0 spiro atoms. The van der Waals surface area contributed by atoms with Gasteiger partial charge < -0.3 is 4.74 Å². The lowest BCUT2D eigenvalue weighted by molar-refractivity contribution is 0.294. The zero-order valence-electron chi connectivity index (χ0n) is 16.5. The Morgan fingerprint density at radius 1 is 0.964 bits per heavy atom. The van der Waals surface area contributed by atoms with Crippen molar-refractivity contribution in [2.75, 3.05) is 0 Å². The van der Waals surface area contributed by atoms with E-state index in [1.54, 1.807) is 10.7 Å². The predicted octanol–water partition coefficient (Wildman–Crippen LogP) is 5.37. The minimum atomic E-state index is -0.308. The quantitative estimate of drug-likeness (QED) is 0.481. The molecule has 0 N–H and O–H groups in total. The molecule has 2 aromatic heterocycles. The summed E-state index contributed by atoms with van der Waals surface area (Å²) in [5, 5.41) is 5.54. The first-order chi connectivity index (χ1) is 13.4. The summed E-state index contributed by atoms with van der Waals surface area (Å²) >= 11 is 0. The Balaban J connectivity index is 1.74. The predicted molar refractivity (Wildman–Crippen MR) is 109 cm³/mol. The third-order valence-electron chi connectivity index (χ3n) is 4.92. The molecule has 0 saturated heterocycles. The number of pyridine rings is 1. The lowest BCUT2D eigenvalue weighted by Gasteiger charge is -2.11. The zero-order valence-corrected chi connectivity index (χ0v) is 16.5. The number of ether oxygens (including phenoxy) is 1. The number of benzene rings is 2. The molecule has 28 heavy (non-hydrogen) atoms. The summed E-state index contributed by atoms with van der Waals surface area (Å²) in [7, 11) is 0. The molecule has 0 atom stereocenters. The Kier molecular flexibility index (Phi) is 4.59. The van der Waals surface area contributed by atoms with Crippen molar-refractivity contribution in [2.45, 2.75) is 34.3 Å². The van der Waals surface area contributed by atoms with E-state index in [1.807, 2.05) is 26.0 Å². The number of hydrogen-bond donors (Lipinski definition) is 0. The molecule has 5 heteroatoms. The normalized spacial score (nSPS) is 11.2. The van der Waals surface area contributed by atoms with E-state index in [9.17, 15) is 4.39 Å². The van der Waals surface area contributed by atoms with Gasteiger partial charge in [-0.25, -0.2) is 9.07 Å². The van der Waals surface area contributed by atoms with Crippen LogP contribution in [0.25, 0.3) is 16.7 Å². The average Bonchev–Trinajstić information content (AvgIpc) is 2.99. The molecule has 0 saturated carbocycles. The van der Waals surface area contributed by atoms with Crippen LogP contribution in [0, 0.1) is 33.5 Å². The fourth-order valence-corrected chi connectivity index (χ4v) is 3.44. The van der Waals surface area contributed by atoms with Gasteiger partial charge in [-0.15, -0.1) is 0 Å². The Hall–Kier alpha value is -3.21. The number of hydrogen-bond acceptors (Lipinski definition) is 3. The number of aromatic nitrogens is 3. The number of aryl methyl sites for hydroxylation is 4. The standard InChI is InChI=1S/C23H22FN3O/c1-14-8-9-15(2)18(10-14)13-28-21-11-16(3)22-17(4)26-27(23(22)25-21)20-7-5-6-19(24)12-20/h5-12H,13H2,1-4H3. The third kappa shape index (κ3) is 3.36. The van der Waals surface area contributed by atoms with E-state index < -0.39 is 0 Å². The maximum absolute atomic E-state index is 13.7. The van der Waals surface area contributed by atoms with Gasteiger partial charge in [0.15, 0.2) is 5.65 Å². The van der Waals surface area contributed by atoms with Gasteiger partial charge in [0.05, 0.1) is 11.4 Å². The maximum Gasteiger partial charge on any atom is 0.215 e. The molecule has 0 aliphatic rings. The summed E-state index contributed by atoms with van der Waals surface area (Å²) in [4.78, 5) is 4.69. The first-order valence-electron chi connectivity index (χ1n) is 9.24. The van der Waals surface area contributed by atoms with Gasteiger partial charge in [0.25, 0.3) is 0 Å². The molecular formula is C23H22FN3O. The minimum Gasteiger partial charge on any atom is -0.473 e. The summed E-state index contributed by atoms with van der Waals surface area (Å²) in [6.07, 6.45) is 0. The summed E-state index contributed by atoms with van der Waals surface area (Å²) < 4.78 is 21.4. The fraction of sp³-hybridized carbons (Fsp3) is 0.217. The van der Waals surface area contributed by atoms with Gasteiger partial charge in [0.1, 0.15) is 12.4 Å². The average molecular weight is 375 g/mol. The number of halogens is 1. The minimum absolute atomic E-state index is 0.308. The SMILES string of the molecule is Cc1ccc(C)c(COc2cc(C)c3c(C)nn(-c4cccc(F)c4)c3n2)c1. The van der Waals surface area contributed by atoms with E-state index in [-0.39, 0.29) is 5.82 Å². The lowest BCUT2D eigenvalue weighted by Crippen LogP contribution is -2.02. The topological polar surface area (TPSA) is 39.9 Å². The largest absolute Gasteiger partial charge is 0.473 e. The third-order valence-corrected chi connectivity index (χ3v) is 4.92. The molecule has 0 unspecified atom stereocenters.